The van der Waals surface area contributed by atoms with E-state index in [0.717, 1.165) is 23.1 Å². The maximum Gasteiger partial charge on any atom is 0.271 e. The van der Waals surface area contributed by atoms with Crippen molar-refractivity contribution >= 4 is 23.2 Å². The molecule has 8 heteroatoms. The van der Waals surface area contributed by atoms with Crippen LogP contribution in [0.5, 0.6) is 0 Å². The third-order valence-corrected chi connectivity index (χ3v) is 2.87. The molecular formula is C11H10FN3O4. The molecule has 0 saturated carbocycles. The van der Waals surface area contributed by atoms with Crippen molar-refractivity contribution < 1.29 is 18.9 Å². The molecule has 1 aliphatic rings. The highest BCUT2D eigenvalue weighted by Crippen LogP contribution is 2.24. The summed E-state index contributed by atoms with van der Waals surface area (Å²) in [5.41, 5.74) is -0.468. The first-order valence-corrected chi connectivity index (χ1v) is 5.41. The number of rotatable bonds is 3. The molecule has 7 nitrogen and oxygen atoms in total. The van der Waals surface area contributed by atoms with Gasteiger partial charge in [-0.25, -0.2) is 4.39 Å². The number of hydrogen-bond acceptors (Lipinski definition) is 5. The molecule has 0 aromatic heterocycles. The zero-order valence-corrected chi connectivity index (χ0v) is 9.92. The second-order valence-corrected chi connectivity index (χ2v) is 4.11. The number of nitrogens with one attached hydrogen (secondary N) is 1. The van der Waals surface area contributed by atoms with Gasteiger partial charge in [0.1, 0.15) is 11.9 Å². The van der Waals surface area contributed by atoms with Gasteiger partial charge in [-0.3, -0.25) is 24.6 Å². The predicted molar refractivity (Wildman–Crippen MR) is 62.9 cm³/mol. The maximum absolute atomic E-state index is 13.5. The highest BCUT2D eigenvalue weighted by atomic mass is 19.1. The van der Waals surface area contributed by atoms with E-state index < -0.39 is 22.7 Å². The van der Waals surface area contributed by atoms with Gasteiger partial charge in [0.15, 0.2) is 0 Å². The smallest absolute Gasteiger partial charge is 0.271 e. The van der Waals surface area contributed by atoms with Gasteiger partial charge in [-0.15, -0.1) is 0 Å². The number of nitrogens with zero attached hydrogens (tertiary/aromatic N) is 2. The van der Waals surface area contributed by atoms with Crippen LogP contribution in [0.4, 0.5) is 15.8 Å². The molecule has 1 aromatic rings. The molecule has 1 aromatic carbocycles. The third kappa shape index (κ3) is 2.37. The lowest BCUT2D eigenvalue weighted by Crippen LogP contribution is -2.32. The largest absolute Gasteiger partial charge is 0.371 e. The lowest BCUT2D eigenvalue weighted by Gasteiger charge is -2.12. The fraction of sp³-hybridized carbons (Fsp3) is 0.273. The van der Waals surface area contributed by atoms with Crippen LogP contribution in [0.3, 0.4) is 0 Å². The van der Waals surface area contributed by atoms with Crippen molar-refractivity contribution in [3.63, 3.8) is 0 Å². The van der Waals surface area contributed by atoms with Gasteiger partial charge in [0, 0.05) is 19.2 Å². The summed E-state index contributed by atoms with van der Waals surface area (Å²) < 4.78 is 13.5. The highest BCUT2D eigenvalue weighted by Gasteiger charge is 2.36. The molecule has 0 radical (unpaired) electrons. The lowest BCUT2D eigenvalue weighted by molar-refractivity contribution is -0.384. The minimum Gasteiger partial charge on any atom is -0.371 e. The van der Waals surface area contributed by atoms with Crippen molar-refractivity contribution in [2.45, 2.75) is 12.5 Å². The zero-order chi connectivity index (χ0) is 14.2. The summed E-state index contributed by atoms with van der Waals surface area (Å²) in [6, 6.07) is 2.06. The van der Waals surface area contributed by atoms with E-state index in [0.29, 0.717) is 0 Å². The van der Waals surface area contributed by atoms with Crippen LogP contribution >= 0.6 is 0 Å². The summed E-state index contributed by atoms with van der Waals surface area (Å²) in [6.45, 7) is 0. The van der Waals surface area contributed by atoms with Crippen LogP contribution in [-0.4, -0.2) is 34.7 Å². The van der Waals surface area contributed by atoms with Gasteiger partial charge in [0.25, 0.3) is 11.6 Å². The molecule has 1 unspecified atom stereocenters. The number of benzene rings is 1. The van der Waals surface area contributed by atoms with E-state index in [1.54, 1.807) is 0 Å². The predicted octanol–water partition coefficient (Wildman–Crippen LogP) is 0.903. The second kappa shape index (κ2) is 4.63. The molecule has 2 rings (SSSR count). The van der Waals surface area contributed by atoms with Gasteiger partial charge in [-0.05, 0) is 6.07 Å². The maximum atomic E-state index is 13.5. The summed E-state index contributed by atoms with van der Waals surface area (Å²) >= 11 is 0. The van der Waals surface area contributed by atoms with Gasteiger partial charge >= 0.3 is 0 Å². The number of likely N-dealkylation sites (tertiary alicyclic amines) is 1. The average Bonchev–Trinajstić information content (AvgIpc) is 2.59. The Bertz CT molecular complexity index is 575. The second-order valence-electron chi connectivity index (χ2n) is 4.11. The number of nitro groups is 1. The first kappa shape index (κ1) is 12.9. The monoisotopic (exact) mass is 267 g/mol. The highest BCUT2D eigenvalue weighted by molar-refractivity contribution is 6.06. The van der Waals surface area contributed by atoms with Crippen LogP contribution in [0.2, 0.25) is 0 Å². The van der Waals surface area contributed by atoms with Gasteiger partial charge in [-0.2, -0.15) is 0 Å². The summed E-state index contributed by atoms with van der Waals surface area (Å²) in [5.74, 6) is -1.59. The Morgan fingerprint density at radius 3 is 2.68 bits per heavy atom. The third-order valence-electron chi connectivity index (χ3n) is 2.87. The number of hydrogen-bond donors (Lipinski definition) is 1. The van der Waals surface area contributed by atoms with Crippen LogP contribution < -0.4 is 5.32 Å². The van der Waals surface area contributed by atoms with Crippen molar-refractivity contribution in [2.24, 2.45) is 0 Å². The SMILES string of the molecule is CN1C(=O)CC(Nc2cc([N+](=O)[O-])ccc2F)C1=O. The molecule has 2 amide bonds. The Labute approximate surface area is 107 Å². The minimum atomic E-state index is -0.894. The van der Waals surface area contributed by atoms with Gasteiger partial charge in [-0.1, -0.05) is 0 Å². The molecule has 0 spiro atoms. The summed E-state index contributed by atoms with van der Waals surface area (Å²) in [4.78, 5) is 33.8. The molecule has 1 heterocycles. The van der Waals surface area contributed by atoms with Crippen molar-refractivity contribution in [3.05, 3.63) is 34.1 Å². The van der Waals surface area contributed by atoms with Crippen LogP contribution in [0.15, 0.2) is 18.2 Å². The number of nitro benzene ring substituents is 1. The van der Waals surface area contributed by atoms with Crippen molar-refractivity contribution in [1.29, 1.82) is 0 Å². The standard InChI is InChI=1S/C11H10FN3O4/c1-14-10(16)5-9(11(14)17)13-8-4-6(15(18)19)2-3-7(8)12/h2-4,9,13H,5H2,1H3. The van der Waals surface area contributed by atoms with Gasteiger partial charge in [0.2, 0.25) is 5.91 Å². The molecule has 1 atom stereocenters. The Balaban J connectivity index is 2.24. The lowest BCUT2D eigenvalue weighted by atomic mass is 10.2. The number of carbonyl (C=O) groups is 2. The van der Waals surface area contributed by atoms with E-state index in [-0.39, 0.29) is 23.7 Å². The number of likely N-dealkylation sites (N-methyl/N-ethyl adjacent to an activating group) is 1. The van der Waals surface area contributed by atoms with Crippen molar-refractivity contribution in [2.75, 3.05) is 12.4 Å². The summed E-state index contributed by atoms with van der Waals surface area (Å²) in [6.07, 6.45) is -0.0997. The molecule has 1 saturated heterocycles. The van der Waals surface area contributed by atoms with Crippen LogP contribution in [0.1, 0.15) is 6.42 Å². The molecule has 1 fully saturated rings. The summed E-state index contributed by atoms with van der Waals surface area (Å²) in [5, 5.41) is 13.1. The Morgan fingerprint density at radius 1 is 1.47 bits per heavy atom. The van der Waals surface area contributed by atoms with E-state index in [2.05, 4.69) is 5.32 Å². The quantitative estimate of drug-likeness (QED) is 0.499. The first-order valence-electron chi connectivity index (χ1n) is 5.41. The van der Waals surface area contributed by atoms with E-state index in [4.69, 9.17) is 0 Å². The fourth-order valence-electron chi connectivity index (χ4n) is 1.79. The Kier molecular flexibility index (Phi) is 3.16. The zero-order valence-electron chi connectivity index (χ0n) is 9.92. The molecular weight excluding hydrogens is 257 g/mol. The van der Waals surface area contributed by atoms with E-state index in [9.17, 15) is 24.1 Å². The van der Waals surface area contributed by atoms with Crippen LogP contribution in [0, 0.1) is 15.9 Å². The first-order chi connectivity index (χ1) is 8.90. The number of non-ortho nitro benzene ring substituents is 1. The molecule has 100 valence electrons. The van der Waals surface area contributed by atoms with Crippen LogP contribution in [0.25, 0.3) is 0 Å². The van der Waals surface area contributed by atoms with Gasteiger partial charge < -0.3 is 5.32 Å². The molecule has 19 heavy (non-hydrogen) atoms. The fourth-order valence-corrected chi connectivity index (χ4v) is 1.79. The van der Waals surface area contributed by atoms with Gasteiger partial charge in [0.05, 0.1) is 17.0 Å². The van der Waals surface area contributed by atoms with E-state index in [1.807, 2.05) is 0 Å². The van der Waals surface area contributed by atoms with E-state index >= 15 is 0 Å². The average molecular weight is 267 g/mol. The molecule has 1 aliphatic heterocycles. The normalized spacial score (nSPS) is 18.8. The number of amides is 2. The van der Waals surface area contributed by atoms with E-state index in [1.165, 1.54) is 7.05 Å². The van der Waals surface area contributed by atoms with Crippen molar-refractivity contribution in [3.8, 4) is 0 Å². The number of halogens is 1. The van der Waals surface area contributed by atoms with Crippen molar-refractivity contribution in [1.82, 2.24) is 4.90 Å². The van der Waals surface area contributed by atoms with Crippen LogP contribution in [-0.2, 0) is 9.59 Å². The number of imide groups is 1. The topological polar surface area (TPSA) is 92.6 Å². The molecule has 1 N–H and O–H groups in total. The Hall–Kier alpha value is -2.51. The molecule has 0 bridgehead atoms. The summed E-state index contributed by atoms with van der Waals surface area (Å²) in [7, 11) is 1.33. The Morgan fingerprint density at radius 2 is 2.16 bits per heavy atom. The number of carbonyl (C=O) groups excluding carboxylic acids is 2. The minimum absolute atomic E-state index is 0.0997. The number of anilines is 1. The molecule has 0 aliphatic carbocycles.